The summed E-state index contributed by atoms with van der Waals surface area (Å²) in [5.41, 5.74) is 0. The molecule has 5 nitrogen and oxygen atoms in total. The van der Waals surface area contributed by atoms with Crippen LogP contribution in [0.1, 0.15) is 19.8 Å². The van der Waals surface area contributed by atoms with Gasteiger partial charge in [0.2, 0.25) is 5.91 Å². The second-order valence-corrected chi connectivity index (χ2v) is 2.37. The first-order valence-corrected chi connectivity index (χ1v) is 3.50. The third kappa shape index (κ3) is 6.73. The van der Waals surface area contributed by atoms with Crippen molar-refractivity contribution >= 4 is 17.7 Å². The van der Waals surface area contributed by atoms with Gasteiger partial charge in [0, 0.05) is 12.8 Å². The summed E-state index contributed by atoms with van der Waals surface area (Å²) < 4.78 is 0. The van der Waals surface area contributed by atoms with Gasteiger partial charge in [-0.1, -0.05) is 0 Å². The van der Waals surface area contributed by atoms with E-state index in [2.05, 4.69) is 5.32 Å². The van der Waals surface area contributed by atoms with E-state index in [-0.39, 0.29) is 18.6 Å². The number of carboxylic acids is 1. The van der Waals surface area contributed by atoms with E-state index in [4.69, 9.17) is 5.11 Å². The predicted molar refractivity (Wildman–Crippen MR) is 40.6 cm³/mol. The molecule has 0 saturated carbocycles. The zero-order valence-corrected chi connectivity index (χ0v) is 6.79. The van der Waals surface area contributed by atoms with Crippen LogP contribution in [0, 0.1) is 0 Å². The van der Waals surface area contributed by atoms with Gasteiger partial charge in [-0.2, -0.15) is 0 Å². The molecular weight excluding hydrogens is 162 g/mol. The maximum atomic E-state index is 10.7. The molecule has 0 rings (SSSR count). The molecule has 0 aliphatic carbocycles. The fourth-order valence-electron chi connectivity index (χ4n) is 0.552. The minimum Gasteiger partial charge on any atom is -0.480 e. The van der Waals surface area contributed by atoms with Crippen LogP contribution in [-0.2, 0) is 14.4 Å². The third-order valence-corrected chi connectivity index (χ3v) is 1.14. The maximum absolute atomic E-state index is 10.7. The Morgan fingerprint density at radius 2 is 1.83 bits per heavy atom. The van der Waals surface area contributed by atoms with Gasteiger partial charge < -0.3 is 15.2 Å². The lowest BCUT2D eigenvalue weighted by Crippen LogP contribution is -2.29. The van der Waals surface area contributed by atoms with Crippen LogP contribution >= 0.6 is 0 Å². The third-order valence-electron chi connectivity index (χ3n) is 1.14. The van der Waals surface area contributed by atoms with Crippen molar-refractivity contribution < 1.29 is 19.5 Å². The average Bonchev–Trinajstić information content (AvgIpc) is 1.96. The lowest BCUT2D eigenvalue weighted by atomic mass is 10.2. The maximum Gasteiger partial charge on any atom is 0.322 e. The fraction of sp³-hybridized carbons (Fsp3) is 0.571. The predicted octanol–water partition coefficient (Wildman–Crippen LogP) is -0.444. The fourth-order valence-corrected chi connectivity index (χ4v) is 0.552. The summed E-state index contributed by atoms with van der Waals surface area (Å²) in [7, 11) is 0. The van der Waals surface area contributed by atoms with E-state index in [0.29, 0.717) is 0 Å². The number of rotatable bonds is 5. The molecule has 0 saturated heterocycles. The molecular formula is C7H11NO4. The largest absolute Gasteiger partial charge is 0.480 e. The van der Waals surface area contributed by atoms with Gasteiger partial charge in [0.05, 0.1) is 0 Å². The van der Waals surface area contributed by atoms with Gasteiger partial charge in [-0.3, -0.25) is 9.59 Å². The minimum absolute atomic E-state index is 0.0581. The topological polar surface area (TPSA) is 83.5 Å². The molecule has 0 bridgehead atoms. The van der Waals surface area contributed by atoms with Crippen LogP contribution in [0.25, 0.3) is 0 Å². The molecule has 0 unspecified atom stereocenters. The van der Waals surface area contributed by atoms with Gasteiger partial charge in [-0.25, -0.2) is 0 Å². The van der Waals surface area contributed by atoms with Gasteiger partial charge in [0.25, 0.3) is 0 Å². The molecule has 0 aliphatic rings. The lowest BCUT2D eigenvalue weighted by molar-refractivity contribution is -0.138. The van der Waals surface area contributed by atoms with Gasteiger partial charge in [-0.15, -0.1) is 0 Å². The highest BCUT2D eigenvalue weighted by atomic mass is 16.4. The summed E-state index contributed by atoms with van der Waals surface area (Å²) in [6, 6.07) is 0. The summed E-state index contributed by atoms with van der Waals surface area (Å²) in [4.78, 5) is 31.1. The van der Waals surface area contributed by atoms with Crippen molar-refractivity contribution in [1.82, 2.24) is 5.32 Å². The number of carboxylic acid groups (broad SMARTS) is 1. The standard InChI is InChI=1S/C7H11NO4/c1-5(9)2-3-6(10)8-4-7(11)12/h2-4H2,1H3,(H,8,10)(H,11,12). The van der Waals surface area contributed by atoms with E-state index in [0.717, 1.165) is 0 Å². The molecule has 68 valence electrons. The molecule has 12 heavy (non-hydrogen) atoms. The Morgan fingerprint density at radius 3 is 2.25 bits per heavy atom. The Morgan fingerprint density at radius 1 is 1.25 bits per heavy atom. The van der Waals surface area contributed by atoms with Crippen LogP contribution in [0.3, 0.4) is 0 Å². The van der Waals surface area contributed by atoms with Gasteiger partial charge in [0.1, 0.15) is 12.3 Å². The number of hydrogen-bond acceptors (Lipinski definition) is 3. The Labute approximate surface area is 69.8 Å². The molecule has 5 heteroatoms. The Bertz CT molecular complexity index is 180. The van der Waals surface area contributed by atoms with E-state index < -0.39 is 18.4 Å². The number of nitrogens with one attached hydrogen (secondary N) is 1. The first kappa shape index (κ1) is 10.6. The van der Waals surface area contributed by atoms with Crippen LogP contribution < -0.4 is 5.32 Å². The van der Waals surface area contributed by atoms with Crippen molar-refractivity contribution in [1.29, 1.82) is 0 Å². The van der Waals surface area contributed by atoms with Gasteiger partial charge in [-0.05, 0) is 6.92 Å². The summed E-state index contributed by atoms with van der Waals surface area (Å²) in [5.74, 6) is -1.58. The van der Waals surface area contributed by atoms with Gasteiger partial charge in [0.15, 0.2) is 0 Å². The number of carbonyl (C=O) groups excluding carboxylic acids is 2. The van der Waals surface area contributed by atoms with Crippen molar-refractivity contribution in [3.63, 3.8) is 0 Å². The Kier molecular flexibility index (Phi) is 4.67. The molecule has 1 amide bonds. The van der Waals surface area contributed by atoms with E-state index >= 15 is 0 Å². The SMILES string of the molecule is CC(=O)CCC(=O)NCC(=O)O. The van der Waals surface area contributed by atoms with E-state index in [1.807, 2.05) is 0 Å². The second kappa shape index (κ2) is 5.29. The minimum atomic E-state index is -1.09. The summed E-state index contributed by atoms with van der Waals surface area (Å²) >= 11 is 0. The van der Waals surface area contributed by atoms with Crippen LogP contribution in [0.4, 0.5) is 0 Å². The van der Waals surface area contributed by atoms with Crippen LogP contribution in [0.5, 0.6) is 0 Å². The molecule has 0 aromatic carbocycles. The molecule has 0 aromatic rings. The van der Waals surface area contributed by atoms with Crippen LogP contribution in [-0.4, -0.2) is 29.3 Å². The summed E-state index contributed by atoms with van der Waals surface area (Å²) in [6.07, 6.45) is 0.216. The summed E-state index contributed by atoms with van der Waals surface area (Å²) in [6.45, 7) is 0.987. The molecule has 0 radical (unpaired) electrons. The number of hydrogen-bond donors (Lipinski definition) is 2. The molecule has 0 spiro atoms. The normalized spacial score (nSPS) is 9.08. The van der Waals surface area contributed by atoms with E-state index in [1.165, 1.54) is 6.92 Å². The van der Waals surface area contributed by atoms with Gasteiger partial charge >= 0.3 is 5.97 Å². The molecule has 0 aliphatic heterocycles. The molecule has 0 aromatic heterocycles. The number of Topliss-reactive ketones (excluding diaryl/α,β-unsaturated/α-hetero) is 1. The van der Waals surface area contributed by atoms with E-state index in [1.54, 1.807) is 0 Å². The van der Waals surface area contributed by atoms with Crippen LogP contribution in [0.2, 0.25) is 0 Å². The van der Waals surface area contributed by atoms with Crippen LogP contribution in [0.15, 0.2) is 0 Å². The number of carbonyl (C=O) groups is 3. The Balaban J connectivity index is 3.47. The smallest absolute Gasteiger partial charge is 0.322 e. The lowest BCUT2D eigenvalue weighted by Gasteiger charge is -1.99. The highest BCUT2D eigenvalue weighted by Crippen LogP contribution is 1.89. The second-order valence-electron chi connectivity index (χ2n) is 2.37. The zero-order valence-electron chi connectivity index (χ0n) is 6.79. The zero-order chi connectivity index (χ0) is 9.56. The van der Waals surface area contributed by atoms with Crippen molar-refractivity contribution in [3.05, 3.63) is 0 Å². The Hall–Kier alpha value is -1.39. The summed E-state index contributed by atoms with van der Waals surface area (Å²) in [5, 5.41) is 10.3. The first-order valence-electron chi connectivity index (χ1n) is 3.50. The van der Waals surface area contributed by atoms with Crippen molar-refractivity contribution in [2.24, 2.45) is 0 Å². The molecule has 0 atom stereocenters. The molecule has 0 fully saturated rings. The number of amides is 1. The highest BCUT2D eigenvalue weighted by molar-refractivity contribution is 5.85. The monoisotopic (exact) mass is 173 g/mol. The molecule has 2 N–H and O–H groups in total. The van der Waals surface area contributed by atoms with Crippen molar-refractivity contribution in [3.8, 4) is 0 Å². The molecule has 0 heterocycles. The van der Waals surface area contributed by atoms with Crippen molar-refractivity contribution in [2.75, 3.05) is 6.54 Å². The van der Waals surface area contributed by atoms with E-state index in [9.17, 15) is 14.4 Å². The average molecular weight is 173 g/mol. The quantitative estimate of drug-likeness (QED) is 0.590. The highest BCUT2D eigenvalue weighted by Gasteiger charge is 2.04. The number of ketones is 1. The number of aliphatic carboxylic acids is 1. The first-order chi connectivity index (χ1) is 5.52. The van der Waals surface area contributed by atoms with Crippen molar-refractivity contribution in [2.45, 2.75) is 19.8 Å².